The van der Waals surface area contributed by atoms with Crippen LogP contribution in [0, 0.1) is 19.8 Å². The van der Waals surface area contributed by atoms with Crippen LogP contribution in [0.1, 0.15) is 41.4 Å². The largest absolute Gasteiger partial charge is 0.493 e. The second-order valence-electron chi connectivity index (χ2n) is 8.56. The molecule has 3 aromatic rings. The first-order valence-electron chi connectivity index (χ1n) is 11.3. The van der Waals surface area contributed by atoms with Gasteiger partial charge in [0.1, 0.15) is 11.3 Å². The molecule has 33 heavy (non-hydrogen) atoms. The van der Waals surface area contributed by atoms with Gasteiger partial charge in [0, 0.05) is 25.0 Å². The summed E-state index contributed by atoms with van der Waals surface area (Å²) in [5.41, 5.74) is 2.30. The van der Waals surface area contributed by atoms with Gasteiger partial charge in [-0.1, -0.05) is 18.2 Å². The number of nitrogens with one attached hydrogen (secondary N) is 1. The average Bonchev–Trinajstić information content (AvgIpc) is 3.24. The fraction of sp³-hybridized carbons (Fsp3) is 0.400. The Bertz CT molecular complexity index is 1200. The summed E-state index contributed by atoms with van der Waals surface area (Å²) in [6.45, 7) is 7.63. The molecule has 2 heterocycles. The smallest absolute Gasteiger partial charge is 0.289 e. The molecule has 1 N–H and O–H groups in total. The number of para-hydroxylation sites is 1. The molecule has 2 aromatic carbocycles. The molecular weight excluding hydrogens is 440 g/mol. The lowest BCUT2D eigenvalue weighted by Gasteiger charge is -2.31. The van der Waals surface area contributed by atoms with E-state index in [0.29, 0.717) is 37.6 Å². The molecule has 0 unspecified atom stereocenters. The van der Waals surface area contributed by atoms with Crippen molar-refractivity contribution in [2.75, 3.05) is 26.2 Å². The fourth-order valence-electron chi connectivity index (χ4n) is 4.33. The van der Waals surface area contributed by atoms with E-state index in [1.165, 1.54) is 0 Å². The van der Waals surface area contributed by atoms with Crippen molar-refractivity contribution >= 4 is 26.9 Å². The van der Waals surface area contributed by atoms with Crippen molar-refractivity contribution in [2.45, 2.75) is 38.5 Å². The molecule has 0 spiro atoms. The lowest BCUT2D eigenvalue weighted by Crippen LogP contribution is -2.41. The number of piperidine rings is 1. The third-order valence-corrected chi connectivity index (χ3v) is 7.54. The molecule has 7 nitrogen and oxygen atoms in total. The third-order valence-electron chi connectivity index (χ3n) is 6.13. The minimum atomic E-state index is -3.63. The first-order chi connectivity index (χ1) is 15.8. The molecule has 1 aromatic heterocycles. The number of furan rings is 1. The van der Waals surface area contributed by atoms with Crippen molar-refractivity contribution in [3.8, 4) is 5.75 Å². The van der Waals surface area contributed by atoms with Gasteiger partial charge in [-0.15, -0.1) is 0 Å². The molecule has 0 saturated carbocycles. The Morgan fingerprint density at radius 2 is 1.79 bits per heavy atom. The van der Waals surface area contributed by atoms with Crippen LogP contribution >= 0.6 is 0 Å². The summed E-state index contributed by atoms with van der Waals surface area (Å²) in [5.74, 6) is 1.13. The highest BCUT2D eigenvalue weighted by Gasteiger charge is 2.27. The second kappa shape index (κ2) is 9.57. The molecule has 4 rings (SSSR count). The summed E-state index contributed by atoms with van der Waals surface area (Å²) < 4.78 is 39.8. The third kappa shape index (κ3) is 5.07. The van der Waals surface area contributed by atoms with Crippen LogP contribution in [0.3, 0.4) is 0 Å². The maximum atomic E-state index is 12.9. The van der Waals surface area contributed by atoms with Crippen LogP contribution in [0.4, 0.5) is 0 Å². The van der Waals surface area contributed by atoms with Crippen LogP contribution in [0.15, 0.2) is 51.8 Å². The van der Waals surface area contributed by atoms with Gasteiger partial charge in [0.25, 0.3) is 5.91 Å². The summed E-state index contributed by atoms with van der Waals surface area (Å²) in [7, 11) is -3.63. The van der Waals surface area contributed by atoms with Crippen LogP contribution < -0.4 is 9.46 Å². The Morgan fingerprint density at radius 1 is 1.12 bits per heavy atom. The van der Waals surface area contributed by atoms with Crippen LogP contribution in [-0.2, 0) is 10.0 Å². The number of hydrogen-bond donors (Lipinski definition) is 1. The molecule has 1 aliphatic rings. The van der Waals surface area contributed by atoms with E-state index in [4.69, 9.17) is 9.15 Å². The quantitative estimate of drug-likeness (QED) is 0.557. The van der Waals surface area contributed by atoms with Crippen molar-refractivity contribution in [1.82, 2.24) is 9.62 Å². The van der Waals surface area contributed by atoms with Gasteiger partial charge >= 0.3 is 0 Å². The van der Waals surface area contributed by atoms with Gasteiger partial charge in [-0.2, -0.15) is 0 Å². The van der Waals surface area contributed by atoms with Crippen molar-refractivity contribution < 1.29 is 22.4 Å². The Hall–Kier alpha value is -2.84. The highest BCUT2D eigenvalue weighted by molar-refractivity contribution is 7.89. The number of aryl methyl sites for hydroxylation is 2. The van der Waals surface area contributed by atoms with Crippen LogP contribution in [0.25, 0.3) is 11.0 Å². The fourth-order valence-corrected chi connectivity index (χ4v) is 5.62. The van der Waals surface area contributed by atoms with E-state index < -0.39 is 10.0 Å². The normalized spacial score (nSPS) is 15.2. The van der Waals surface area contributed by atoms with Crippen molar-refractivity contribution in [3.63, 3.8) is 0 Å². The van der Waals surface area contributed by atoms with E-state index in [0.717, 1.165) is 35.1 Å². The molecule has 0 radical (unpaired) electrons. The highest BCUT2D eigenvalue weighted by Crippen LogP contribution is 2.27. The summed E-state index contributed by atoms with van der Waals surface area (Å²) in [6, 6.07) is 12.6. The zero-order valence-electron chi connectivity index (χ0n) is 19.3. The highest BCUT2D eigenvalue weighted by atomic mass is 32.2. The minimum absolute atomic E-state index is 0.120. The number of rotatable bonds is 7. The van der Waals surface area contributed by atoms with Crippen molar-refractivity contribution in [1.29, 1.82) is 0 Å². The first kappa shape index (κ1) is 23.3. The molecule has 8 heteroatoms. The molecule has 176 valence electrons. The van der Waals surface area contributed by atoms with Crippen LogP contribution in [0.5, 0.6) is 5.75 Å². The average molecular weight is 471 g/mol. The van der Waals surface area contributed by atoms with Gasteiger partial charge < -0.3 is 14.1 Å². The molecule has 0 bridgehead atoms. The van der Waals surface area contributed by atoms with E-state index in [9.17, 15) is 13.2 Å². The summed E-state index contributed by atoms with van der Waals surface area (Å²) in [5, 5.41) is 0.907. The molecule has 1 amide bonds. The first-order valence-corrected chi connectivity index (χ1v) is 12.8. The Labute approximate surface area is 194 Å². The zero-order valence-corrected chi connectivity index (χ0v) is 20.1. The number of amides is 1. The van der Waals surface area contributed by atoms with Gasteiger partial charge in [-0.25, -0.2) is 13.1 Å². The predicted octanol–water partition coefficient (Wildman–Crippen LogP) is 4.28. The number of benzene rings is 2. The zero-order chi connectivity index (χ0) is 23.6. The van der Waals surface area contributed by atoms with Crippen LogP contribution in [0.2, 0.25) is 0 Å². The van der Waals surface area contributed by atoms with E-state index in [1.807, 2.05) is 45.0 Å². The molecule has 1 saturated heterocycles. The Balaban J connectivity index is 1.34. The maximum Gasteiger partial charge on any atom is 0.289 e. The standard InChI is InChI=1S/C25H30N2O5S/c1-4-31-24-17(2)13-21(14-18(24)3)33(29,30)26-16-19-9-11-27(12-10-19)25(28)23-15-20-7-5-6-8-22(20)32-23/h5-8,13-15,19,26H,4,9-12,16H2,1-3H3. The van der Waals surface area contributed by atoms with E-state index in [-0.39, 0.29) is 16.7 Å². The number of sulfonamides is 1. The topological polar surface area (TPSA) is 88.9 Å². The molecule has 1 fully saturated rings. The number of hydrogen-bond acceptors (Lipinski definition) is 5. The van der Waals surface area contributed by atoms with Gasteiger partial charge in [0.15, 0.2) is 5.76 Å². The minimum Gasteiger partial charge on any atom is -0.493 e. The van der Waals surface area contributed by atoms with Gasteiger partial charge in [-0.05, 0) is 74.9 Å². The summed E-state index contributed by atoms with van der Waals surface area (Å²) >= 11 is 0. The Morgan fingerprint density at radius 3 is 2.42 bits per heavy atom. The van der Waals surface area contributed by atoms with Gasteiger partial charge in [0.2, 0.25) is 10.0 Å². The van der Waals surface area contributed by atoms with Crippen molar-refractivity contribution in [2.24, 2.45) is 5.92 Å². The number of likely N-dealkylation sites (tertiary alicyclic amines) is 1. The molecule has 0 aliphatic carbocycles. The number of nitrogens with zero attached hydrogens (tertiary/aromatic N) is 1. The van der Waals surface area contributed by atoms with Gasteiger partial charge in [-0.3, -0.25) is 4.79 Å². The number of carbonyl (C=O) groups is 1. The van der Waals surface area contributed by atoms with Gasteiger partial charge in [0.05, 0.1) is 11.5 Å². The summed E-state index contributed by atoms with van der Waals surface area (Å²) in [6.07, 6.45) is 1.46. The molecule has 1 aliphatic heterocycles. The Kier molecular flexibility index (Phi) is 6.76. The lowest BCUT2D eigenvalue weighted by molar-refractivity contribution is 0.0662. The molecule has 0 atom stereocenters. The second-order valence-corrected chi connectivity index (χ2v) is 10.3. The summed E-state index contributed by atoms with van der Waals surface area (Å²) in [4.78, 5) is 14.9. The van der Waals surface area contributed by atoms with E-state index >= 15 is 0 Å². The lowest BCUT2D eigenvalue weighted by atomic mass is 9.97. The number of carbonyl (C=O) groups excluding carboxylic acids is 1. The monoisotopic (exact) mass is 470 g/mol. The molecular formula is C25H30N2O5S. The van der Waals surface area contributed by atoms with E-state index in [2.05, 4.69) is 4.72 Å². The predicted molar refractivity (Wildman–Crippen MR) is 127 cm³/mol. The van der Waals surface area contributed by atoms with Crippen molar-refractivity contribution in [3.05, 3.63) is 59.4 Å². The van der Waals surface area contributed by atoms with E-state index in [1.54, 1.807) is 23.1 Å². The maximum absolute atomic E-state index is 12.9. The number of ether oxygens (including phenoxy) is 1. The number of fused-ring (bicyclic) bond motifs is 1. The SMILES string of the molecule is CCOc1c(C)cc(S(=O)(=O)NCC2CCN(C(=O)c3cc4ccccc4o3)CC2)cc1C. The van der Waals surface area contributed by atoms with Crippen LogP contribution in [-0.4, -0.2) is 45.5 Å².